The summed E-state index contributed by atoms with van der Waals surface area (Å²) in [6.45, 7) is 13.7. The number of ether oxygens (including phenoxy) is 7. The molecular weight excluding hydrogens is 787 g/mol. The van der Waals surface area contributed by atoms with Crippen molar-refractivity contribution in [2.75, 3.05) is 139 Å². The highest BCUT2D eigenvalue weighted by Gasteiger charge is 2.23. The summed E-state index contributed by atoms with van der Waals surface area (Å²) in [5, 5.41) is 5.73. The lowest BCUT2D eigenvalue weighted by molar-refractivity contribution is -0.134. The maximum absolute atomic E-state index is 12.8. The summed E-state index contributed by atoms with van der Waals surface area (Å²) in [5.74, 6) is 1.17. The SMILES string of the molecule is CCCCC\N=C(N)/N=C1/C=CN(Cc2ccc(CN3CCN(C(=O)CCOCCOCCOCCOCCOCCOCCNC(=O)CCNC)CC3)cc2OC)/C1=C\N. The van der Waals surface area contributed by atoms with Gasteiger partial charge in [-0.05, 0) is 31.2 Å². The number of hydrogen-bond donors (Lipinski definition) is 4. The second-order valence-corrected chi connectivity index (χ2v) is 14.4. The van der Waals surface area contributed by atoms with Crippen LogP contribution < -0.4 is 26.8 Å². The van der Waals surface area contributed by atoms with Gasteiger partial charge in [0.25, 0.3) is 0 Å². The number of allylic oxidation sites excluding steroid dienone is 1. The van der Waals surface area contributed by atoms with Crippen molar-refractivity contribution in [3.8, 4) is 5.75 Å². The smallest absolute Gasteiger partial charge is 0.224 e. The van der Waals surface area contributed by atoms with Crippen LogP contribution in [-0.4, -0.2) is 177 Å². The van der Waals surface area contributed by atoms with Crippen molar-refractivity contribution in [1.82, 2.24) is 25.3 Å². The predicted molar refractivity (Wildman–Crippen MR) is 236 cm³/mol. The first-order chi connectivity index (χ1) is 29.9. The molecule has 18 nitrogen and oxygen atoms in total. The summed E-state index contributed by atoms with van der Waals surface area (Å²) in [6.07, 6.45) is 9.41. The first-order valence-electron chi connectivity index (χ1n) is 21.7. The van der Waals surface area contributed by atoms with Crippen LogP contribution in [0.4, 0.5) is 0 Å². The standard InChI is InChI=1S/C43H73N9O9/c1-4-5-6-12-48-43(45)49-38-10-15-52(39(38)33-44)35-37-8-7-36(32-40(37)55-3)34-50-16-18-51(19-17-50)42(54)11-20-56-22-24-58-26-28-60-30-31-61-29-27-59-25-23-57-21-14-47-41(53)9-13-46-2/h7-8,10,15,32-33,46H,4-6,9,11-14,16-31,34-35,44H2,1-3H3,(H2,45,48)(H,47,53)/b39-33-,49-38-. The number of carbonyl (C=O) groups is 2. The van der Waals surface area contributed by atoms with E-state index >= 15 is 0 Å². The molecule has 0 bridgehead atoms. The zero-order chi connectivity index (χ0) is 43.8. The van der Waals surface area contributed by atoms with Crippen LogP contribution in [0.1, 0.15) is 50.2 Å². The zero-order valence-corrected chi connectivity index (χ0v) is 36.9. The minimum Gasteiger partial charge on any atom is -0.496 e. The van der Waals surface area contributed by atoms with E-state index < -0.39 is 0 Å². The van der Waals surface area contributed by atoms with Gasteiger partial charge in [0.15, 0.2) is 0 Å². The number of piperazine rings is 1. The quantitative estimate of drug-likeness (QED) is 0.0450. The van der Waals surface area contributed by atoms with E-state index in [1.54, 1.807) is 7.11 Å². The van der Waals surface area contributed by atoms with Crippen molar-refractivity contribution in [3.05, 3.63) is 53.5 Å². The van der Waals surface area contributed by atoms with Gasteiger partial charge in [-0.25, -0.2) is 4.99 Å². The molecule has 1 fully saturated rings. The third kappa shape index (κ3) is 22.0. The van der Waals surface area contributed by atoms with Gasteiger partial charge >= 0.3 is 0 Å². The molecule has 2 heterocycles. The summed E-state index contributed by atoms with van der Waals surface area (Å²) < 4.78 is 38.9. The summed E-state index contributed by atoms with van der Waals surface area (Å²) in [6, 6.07) is 6.30. The van der Waals surface area contributed by atoms with Gasteiger partial charge in [-0.15, -0.1) is 0 Å². The lowest BCUT2D eigenvalue weighted by atomic mass is 10.1. The molecule has 0 spiro atoms. The number of rotatable bonds is 33. The van der Waals surface area contributed by atoms with Crippen molar-refractivity contribution < 1.29 is 42.7 Å². The van der Waals surface area contributed by atoms with E-state index in [1.807, 2.05) is 29.1 Å². The van der Waals surface area contributed by atoms with Crippen LogP contribution in [0.3, 0.4) is 0 Å². The number of methoxy groups -OCH3 is 1. The lowest BCUT2D eigenvalue weighted by Crippen LogP contribution is -2.48. The Morgan fingerprint density at radius 3 is 2.02 bits per heavy atom. The Hall–Kier alpha value is -4.14. The van der Waals surface area contributed by atoms with Crippen LogP contribution in [0.2, 0.25) is 0 Å². The van der Waals surface area contributed by atoms with Gasteiger partial charge in [-0.3, -0.25) is 19.5 Å². The number of carbonyl (C=O) groups excluding carboxylic acids is 2. The first-order valence-corrected chi connectivity index (χ1v) is 21.7. The van der Waals surface area contributed by atoms with Gasteiger partial charge in [-0.1, -0.05) is 31.9 Å². The van der Waals surface area contributed by atoms with E-state index in [1.165, 1.54) is 6.20 Å². The van der Waals surface area contributed by atoms with E-state index in [9.17, 15) is 9.59 Å². The summed E-state index contributed by atoms with van der Waals surface area (Å²) in [7, 11) is 3.50. The molecule has 0 atom stereocenters. The molecule has 0 aliphatic carbocycles. The molecule has 1 saturated heterocycles. The van der Waals surface area contributed by atoms with Gasteiger partial charge in [0.2, 0.25) is 17.8 Å². The van der Waals surface area contributed by atoms with Crippen LogP contribution in [-0.2, 0) is 51.1 Å². The van der Waals surface area contributed by atoms with Gasteiger partial charge in [0.05, 0.1) is 111 Å². The fourth-order valence-electron chi connectivity index (χ4n) is 6.32. The molecule has 1 aromatic carbocycles. The van der Waals surface area contributed by atoms with Gasteiger partial charge < -0.3 is 65.1 Å². The van der Waals surface area contributed by atoms with E-state index in [0.717, 1.165) is 61.5 Å². The molecule has 0 unspecified atom stereocenters. The van der Waals surface area contributed by atoms with E-state index in [-0.39, 0.29) is 17.8 Å². The average Bonchev–Trinajstić information content (AvgIpc) is 3.65. The van der Waals surface area contributed by atoms with Crippen LogP contribution in [0.5, 0.6) is 5.75 Å². The molecule has 3 rings (SSSR count). The normalized spacial score (nSPS) is 16.0. The van der Waals surface area contributed by atoms with E-state index in [4.69, 9.17) is 44.6 Å². The highest BCUT2D eigenvalue weighted by molar-refractivity contribution is 6.14. The molecule has 2 aliphatic rings. The molecule has 0 radical (unpaired) electrons. The van der Waals surface area contributed by atoms with Crippen molar-refractivity contribution in [2.45, 2.75) is 52.1 Å². The van der Waals surface area contributed by atoms with E-state index in [2.05, 4.69) is 50.6 Å². The number of hydrogen-bond acceptors (Lipinski definition) is 14. The Kier molecular flexibility index (Phi) is 27.3. The number of nitrogens with one attached hydrogen (secondary N) is 2. The summed E-state index contributed by atoms with van der Waals surface area (Å²) in [4.78, 5) is 39.5. The molecule has 2 amide bonds. The zero-order valence-electron chi connectivity index (χ0n) is 36.9. The van der Waals surface area contributed by atoms with Crippen molar-refractivity contribution in [3.63, 3.8) is 0 Å². The fourth-order valence-corrected chi connectivity index (χ4v) is 6.32. The molecular formula is C43H73N9O9. The van der Waals surface area contributed by atoms with Crippen molar-refractivity contribution in [1.29, 1.82) is 0 Å². The van der Waals surface area contributed by atoms with Crippen LogP contribution in [0.15, 0.2) is 52.4 Å². The van der Waals surface area contributed by atoms with Crippen LogP contribution in [0.25, 0.3) is 0 Å². The van der Waals surface area contributed by atoms with Crippen molar-refractivity contribution in [2.24, 2.45) is 21.5 Å². The Morgan fingerprint density at radius 2 is 1.43 bits per heavy atom. The Labute approximate surface area is 363 Å². The largest absolute Gasteiger partial charge is 0.496 e. The minimum absolute atomic E-state index is 0.0102. The Morgan fingerprint density at radius 1 is 0.803 bits per heavy atom. The third-order valence-electron chi connectivity index (χ3n) is 9.73. The third-order valence-corrected chi connectivity index (χ3v) is 9.73. The summed E-state index contributed by atoms with van der Waals surface area (Å²) in [5.41, 5.74) is 15.7. The van der Waals surface area contributed by atoms with Crippen molar-refractivity contribution >= 4 is 23.5 Å². The molecule has 18 heteroatoms. The molecule has 6 N–H and O–H groups in total. The molecule has 1 aromatic rings. The van der Waals surface area contributed by atoms with Gasteiger partial charge in [0.1, 0.15) is 5.75 Å². The lowest BCUT2D eigenvalue weighted by Gasteiger charge is -2.35. The molecule has 344 valence electrons. The second kappa shape index (κ2) is 32.6. The average molecular weight is 860 g/mol. The van der Waals surface area contributed by atoms with Gasteiger partial charge in [-0.2, -0.15) is 0 Å². The number of nitrogens with two attached hydrogens (primary N) is 2. The molecule has 0 saturated carbocycles. The highest BCUT2D eigenvalue weighted by atomic mass is 16.6. The summed E-state index contributed by atoms with van der Waals surface area (Å²) >= 11 is 0. The van der Waals surface area contributed by atoms with Gasteiger partial charge in [0, 0.05) is 76.7 Å². The number of nitrogens with zero attached hydrogens (tertiary/aromatic N) is 5. The monoisotopic (exact) mass is 860 g/mol. The van der Waals surface area contributed by atoms with Crippen LogP contribution in [0, 0.1) is 0 Å². The number of benzene rings is 1. The molecule has 61 heavy (non-hydrogen) atoms. The maximum Gasteiger partial charge on any atom is 0.224 e. The predicted octanol–water partition coefficient (Wildman–Crippen LogP) is 1.63. The second-order valence-electron chi connectivity index (χ2n) is 14.4. The molecule has 0 aromatic heterocycles. The highest BCUT2D eigenvalue weighted by Crippen LogP contribution is 2.27. The Bertz CT molecular complexity index is 1500. The minimum atomic E-state index is 0.0102. The number of amides is 2. The maximum atomic E-state index is 12.8. The molecule has 2 aliphatic heterocycles. The fraction of sp³-hybridized carbons (Fsp3) is 0.674. The number of aliphatic imine (C=N–C) groups is 2. The van der Waals surface area contributed by atoms with E-state index in [0.29, 0.717) is 137 Å². The number of unbranched alkanes of at least 4 members (excludes halogenated alkanes) is 2. The Balaban J connectivity index is 1.16. The number of guanidine groups is 1. The van der Waals surface area contributed by atoms with Crippen LogP contribution >= 0.6 is 0 Å². The topological polar surface area (TPSA) is 209 Å². The first kappa shape index (κ1) is 51.2.